The molecule has 2 aromatic carbocycles. The fraction of sp³-hybridized carbons (Fsp3) is 0.0556. The second kappa shape index (κ2) is 9.55. The monoisotopic (exact) mass is 511 g/mol. The molecule has 27 heavy (non-hydrogen) atoms. The molecule has 0 saturated heterocycles. The minimum Gasteiger partial charge on any atom is -0.486 e. The smallest absolute Gasteiger partial charge is 0.319 e. The Balaban J connectivity index is 2.24. The van der Waals surface area contributed by atoms with E-state index in [0.717, 1.165) is 5.56 Å². The van der Waals surface area contributed by atoms with Gasteiger partial charge in [0.05, 0.1) is 8.95 Å². The third-order valence-corrected chi connectivity index (χ3v) is 4.81. The molecule has 0 radical (unpaired) electrons. The molecule has 0 saturated carbocycles. The Bertz CT molecular complexity index is 948. The number of nitrogens with zero attached hydrogens (tertiary/aromatic N) is 1. The number of nitrogens with two attached hydrogens (primary N) is 1. The lowest BCUT2D eigenvalue weighted by Crippen LogP contribution is -2.35. The van der Waals surface area contributed by atoms with Gasteiger partial charge in [-0.15, -0.1) is 0 Å². The minimum atomic E-state index is -1.04. The molecule has 3 amide bonds. The Hall–Kier alpha value is -2.34. The summed E-state index contributed by atoms with van der Waals surface area (Å²) in [6, 6.07) is 11.4. The summed E-state index contributed by atoms with van der Waals surface area (Å²) in [5.74, 6) is -0.344. The molecule has 6 nitrogen and oxygen atoms in total. The molecule has 0 aliphatic carbocycles. The van der Waals surface area contributed by atoms with Gasteiger partial charge in [0, 0.05) is 10.6 Å². The van der Waals surface area contributed by atoms with Gasteiger partial charge in [-0.25, -0.2) is 4.79 Å². The van der Waals surface area contributed by atoms with Gasteiger partial charge in [-0.05, 0) is 61.7 Å². The normalized spacial score (nSPS) is 10.8. The number of nitriles is 1. The van der Waals surface area contributed by atoms with E-state index >= 15 is 0 Å². The third-order valence-electron chi connectivity index (χ3n) is 3.26. The van der Waals surface area contributed by atoms with Gasteiger partial charge in [0.25, 0.3) is 5.91 Å². The zero-order chi connectivity index (χ0) is 20.0. The summed E-state index contributed by atoms with van der Waals surface area (Å²) in [6.07, 6.45) is 1.33. The van der Waals surface area contributed by atoms with E-state index in [-0.39, 0.29) is 12.2 Å². The predicted octanol–water partition coefficient (Wildman–Crippen LogP) is 4.55. The number of hydrogen-bond donors (Lipinski definition) is 2. The molecule has 0 aliphatic heterocycles. The molecular weight excluding hydrogens is 501 g/mol. The van der Waals surface area contributed by atoms with Crippen molar-refractivity contribution in [1.82, 2.24) is 5.32 Å². The molecule has 9 heteroatoms. The Morgan fingerprint density at radius 2 is 1.89 bits per heavy atom. The van der Waals surface area contributed by atoms with E-state index in [9.17, 15) is 9.59 Å². The maximum atomic E-state index is 11.8. The second-order valence-corrected chi connectivity index (χ2v) is 7.30. The first-order chi connectivity index (χ1) is 12.8. The van der Waals surface area contributed by atoms with E-state index in [2.05, 4.69) is 31.9 Å². The highest BCUT2D eigenvalue weighted by molar-refractivity contribution is 9.11. The van der Waals surface area contributed by atoms with Gasteiger partial charge in [0.15, 0.2) is 0 Å². The lowest BCUT2D eigenvalue weighted by Gasteiger charge is -2.12. The zero-order valence-electron chi connectivity index (χ0n) is 13.6. The van der Waals surface area contributed by atoms with E-state index in [1.807, 2.05) is 23.5 Å². The molecule has 2 rings (SSSR count). The summed E-state index contributed by atoms with van der Waals surface area (Å²) in [7, 11) is 0. The standard InChI is InChI=1S/C18H12Br2ClN3O3/c19-13-6-10(5-12(8-22)17(25)24-18(23)26)7-14(20)16(13)27-9-11-3-1-2-4-15(11)21/h1-7H,9H2,(H3,23,24,25,26)/b12-5-. The molecule has 0 fully saturated rings. The summed E-state index contributed by atoms with van der Waals surface area (Å²) in [6.45, 7) is 0.260. The molecule has 2 aromatic rings. The highest BCUT2D eigenvalue weighted by atomic mass is 79.9. The summed E-state index contributed by atoms with van der Waals surface area (Å²) in [5, 5.41) is 11.6. The topological polar surface area (TPSA) is 105 Å². The number of ether oxygens (including phenoxy) is 1. The van der Waals surface area contributed by atoms with Crippen molar-refractivity contribution in [2.24, 2.45) is 5.73 Å². The Morgan fingerprint density at radius 1 is 1.26 bits per heavy atom. The molecule has 0 aromatic heterocycles. The van der Waals surface area contributed by atoms with Crippen LogP contribution in [0.2, 0.25) is 5.02 Å². The SMILES string of the molecule is N#C/C(=C/c1cc(Br)c(OCc2ccccc2Cl)c(Br)c1)C(=O)NC(N)=O. The van der Waals surface area contributed by atoms with Crippen molar-refractivity contribution >= 4 is 61.5 Å². The average Bonchev–Trinajstić information content (AvgIpc) is 2.59. The predicted molar refractivity (Wildman–Crippen MR) is 109 cm³/mol. The van der Waals surface area contributed by atoms with Crippen molar-refractivity contribution in [1.29, 1.82) is 5.26 Å². The fourth-order valence-corrected chi connectivity index (χ4v) is 3.70. The quantitative estimate of drug-likeness (QED) is 0.452. The van der Waals surface area contributed by atoms with Crippen LogP contribution in [0.25, 0.3) is 6.08 Å². The Kier molecular flexibility index (Phi) is 7.42. The number of amides is 3. The Morgan fingerprint density at radius 3 is 2.44 bits per heavy atom. The number of nitrogens with one attached hydrogen (secondary N) is 1. The minimum absolute atomic E-state index is 0.260. The van der Waals surface area contributed by atoms with Crippen molar-refractivity contribution in [2.45, 2.75) is 6.61 Å². The molecule has 138 valence electrons. The van der Waals surface area contributed by atoms with Crippen LogP contribution in [-0.2, 0) is 11.4 Å². The number of urea groups is 1. The zero-order valence-corrected chi connectivity index (χ0v) is 17.6. The highest BCUT2D eigenvalue weighted by Gasteiger charge is 2.14. The van der Waals surface area contributed by atoms with Crippen LogP contribution in [0, 0.1) is 11.3 Å². The van der Waals surface area contributed by atoms with Gasteiger partial charge in [0.2, 0.25) is 0 Å². The highest BCUT2D eigenvalue weighted by Crippen LogP contribution is 2.36. The Labute approximate surface area is 177 Å². The number of imide groups is 1. The maximum Gasteiger partial charge on any atom is 0.319 e. The number of hydrogen-bond acceptors (Lipinski definition) is 4. The first kappa shape index (κ1) is 21.0. The molecular formula is C18H12Br2ClN3O3. The van der Waals surface area contributed by atoms with E-state index in [1.54, 1.807) is 24.3 Å². The van der Waals surface area contributed by atoms with Crippen LogP contribution in [0.3, 0.4) is 0 Å². The molecule has 0 heterocycles. The fourth-order valence-electron chi connectivity index (χ4n) is 2.06. The second-order valence-electron chi connectivity index (χ2n) is 5.18. The van der Waals surface area contributed by atoms with E-state index < -0.39 is 11.9 Å². The molecule has 0 unspecified atom stereocenters. The largest absolute Gasteiger partial charge is 0.486 e. The lowest BCUT2D eigenvalue weighted by molar-refractivity contribution is -0.115. The molecule has 0 bridgehead atoms. The number of carbonyl (C=O) groups is 2. The van der Waals surface area contributed by atoms with Crippen LogP contribution in [0.4, 0.5) is 4.79 Å². The van der Waals surface area contributed by atoms with Gasteiger partial charge in [-0.1, -0.05) is 29.8 Å². The van der Waals surface area contributed by atoms with Gasteiger partial charge < -0.3 is 10.5 Å². The first-order valence-electron chi connectivity index (χ1n) is 7.39. The number of carbonyl (C=O) groups excluding carboxylic acids is 2. The summed E-state index contributed by atoms with van der Waals surface area (Å²) in [4.78, 5) is 22.5. The summed E-state index contributed by atoms with van der Waals surface area (Å²) >= 11 is 12.9. The molecule has 0 spiro atoms. The van der Waals surface area contributed by atoms with Crippen molar-refractivity contribution in [3.05, 3.63) is 67.1 Å². The van der Waals surface area contributed by atoms with Crippen LogP contribution in [0.15, 0.2) is 50.9 Å². The molecule has 0 aliphatic rings. The van der Waals surface area contributed by atoms with Crippen LogP contribution < -0.4 is 15.8 Å². The van der Waals surface area contributed by atoms with Gasteiger partial charge >= 0.3 is 6.03 Å². The number of benzene rings is 2. The van der Waals surface area contributed by atoms with E-state index in [0.29, 0.717) is 25.3 Å². The van der Waals surface area contributed by atoms with Crippen molar-refractivity contribution in [3.8, 4) is 11.8 Å². The maximum absolute atomic E-state index is 11.8. The van der Waals surface area contributed by atoms with Gasteiger partial charge in [-0.2, -0.15) is 5.26 Å². The number of rotatable bonds is 5. The van der Waals surface area contributed by atoms with Crippen molar-refractivity contribution in [3.63, 3.8) is 0 Å². The average molecular weight is 514 g/mol. The lowest BCUT2D eigenvalue weighted by atomic mass is 10.1. The molecule has 3 N–H and O–H groups in total. The molecule has 0 atom stereocenters. The van der Waals surface area contributed by atoms with Crippen LogP contribution in [-0.4, -0.2) is 11.9 Å². The van der Waals surface area contributed by atoms with Crippen LogP contribution in [0.1, 0.15) is 11.1 Å². The van der Waals surface area contributed by atoms with Gasteiger partial charge in [0.1, 0.15) is 24.0 Å². The first-order valence-corrected chi connectivity index (χ1v) is 9.36. The number of halogens is 3. The van der Waals surface area contributed by atoms with Crippen LogP contribution in [0.5, 0.6) is 5.75 Å². The summed E-state index contributed by atoms with van der Waals surface area (Å²) in [5.41, 5.74) is 5.99. The third kappa shape index (κ3) is 5.82. The summed E-state index contributed by atoms with van der Waals surface area (Å²) < 4.78 is 7.02. The van der Waals surface area contributed by atoms with E-state index in [4.69, 9.17) is 27.3 Å². The number of primary amides is 1. The van der Waals surface area contributed by atoms with Gasteiger partial charge in [-0.3, -0.25) is 10.1 Å². The van der Waals surface area contributed by atoms with Crippen molar-refractivity contribution < 1.29 is 14.3 Å². The van der Waals surface area contributed by atoms with Crippen molar-refractivity contribution in [2.75, 3.05) is 0 Å². The van der Waals surface area contributed by atoms with Crippen LogP contribution >= 0.6 is 43.5 Å². The van der Waals surface area contributed by atoms with E-state index in [1.165, 1.54) is 6.08 Å².